The Morgan fingerprint density at radius 1 is 0.485 bits per heavy atom. The molecule has 1 heterocycles. The maximum Gasteiger partial charge on any atom is 0.306 e. The lowest BCUT2D eigenvalue weighted by molar-refractivity contribution is -0.305. The van der Waals surface area contributed by atoms with Gasteiger partial charge in [-0.3, -0.25) is 4.79 Å². The second-order valence-corrected chi connectivity index (χ2v) is 16.5. The Hall–Kier alpha value is -3.67. The van der Waals surface area contributed by atoms with Crippen LogP contribution in [0.15, 0.2) is 134 Å². The van der Waals surface area contributed by atoms with Crippen LogP contribution in [0.2, 0.25) is 0 Å². The second-order valence-electron chi connectivity index (χ2n) is 16.5. The van der Waals surface area contributed by atoms with E-state index in [0.29, 0.717) is 13.0 Å². The average molecular weight is 919 g/mol. The quantitative estimate of drug-likeness (QED) is 0.0269. The summed E-state index contributed by atoms with van der Waals surface area (Å²) < 4.78 is 22.8. The van der Waals surface area contributed by atoms with Crippen LogP contribution < -0.4 is 0 Å². The minimum Gasteiger partial charge on any atom is -0.457 e. The molecule has 0 aromatic carbocycles. The third-order valence-electron chi connectivity index (χ3n) is 10.6. The summed E-state index contributed by atoms with van der Waals surface area (Å²) in [4.78, 5) is 12.8. The van der Waals surface area contributed by atoms with Gasteiger partial charge >= 0.3 is 5.97 Å². The molecule has 0 saturated carbocycles. The van der Waals surface area contributed by atoms with Gasteiger partial charge in [0.1, 0.15) is 30.5 Å². The highest BCUT2D eigenvalue weighted by Crippen LogP contribution is 2.22. The zero-order valence-electron chi connectivity index (χ0n) is 40.9. The zero-order chi connectivity index (χ0) is 47.8. The van der Waals surface area contributed by atoms with E-state index in [0.717, 1.165) is 103 Å². The van der Waals surface area contributed by atoms with Crippen molar-refractivity contribution in [3.63, 3.8) is 0 Å². The minimum absolute atomic E-state index is 0.103. The molecule has 6 unspecified atom stereocenters. The standard InChI is InChI=1S/C57H90O9/c1-3-5-7-9-11-13-15-17-19-21-23-25-26-27-28-30-32-34-36-38-40-42-44-46-53(59)65-51(50-64-57-56(62)55(61)54(60)52(48-58)66-57)49-63-47-45-43-41-39-37-35-33-31-29-24-22-20-18-16-14-12-10-8-6-4-2/h5-8,11-14,17-20,23-25,27-29,32,34,38,40,51-52,54-58,60-62H,3-4,9-10,15-16,21-22,26,30-31,33,35-37,39,41-50H2,1-2H3/b7-5-,8-6-,13-11-,14-12-,19-17-,20-18-,25-23-,28-27-,29-24-,34-32-,40-38-. The van der Waals surface area contributed by atoms with Crippen molar-refractivity contribution in [1.82, 2.24) is 0 Å². The fourth-order valence-corrected chi connectivity index (χ4v) is 6.71. The number of ether oxygens (including phenoxy) is 4. The molecule has 6 atom stereocenters. The summed E-state index contributed by atoms with van der Waals surface area (Å²) in [5.74, 6) is -0.381. The molecule has 1 rings (SSSR count). The number of rotatable bonds is 41. The van der Waals surface area contributed by atoms with Crippen LogP contribution in [0.3, 0.4) is 0 Å². The summed E-state index contributed by atoms with van der Waals surface area (Å²) >= 11 is 0. The van der Waals surface area contributed by atoms with Crippen molar-refractivity contribution in [2.24, 2.45) is 0 Å². The van der Waals surface area contributed by atoms with Crippen LogP contribution in [-0.4, -0.2) is 89.6 Å². The summed E-state index contributed by atoms with van der Waals surface area (Å²) in [5, 5.41) is 40.2. The van der Waals surface area contributed by atoms with E-state index in [2.05, 4.69) is 148 Å². The van der Waals surface area contributed by atoms with E-state index in [1.165, 1.54) is 25.7 Å². The summed E-state index contributed by atoms with van der Waals surface area (Å²) in [6, 6.07) is 0. The molecule has 1 aliphatic rings. The Kier molecular flexibility index (Phi) is 42.5. The number of aliphatic hydroxyl groups excluding tert-OH is 4. The van der Waals surface area contributed by atoms with Gasteiger partial charge in [0, 0.05) is 13.0 Å². The Labute approximate surface area is 400 Å². The van der Waals surface area contributed by atoms with Crippen LogP contribution in [0.5, 0.6) is 0 Å². The van der Waals surface area contributed by atoms with Gasteiger partial charge in [0.05, 0.1) is 19.8 Å². The van der Waals surface area contributed by atoms with E-state index in [9.17, 15) is 25.2 Å². The number of carbonyl (C=O) groups is 1. The molecule has 0 aromatic rings. The molecule has 1 saturated heterocycles. The number of allylic oxidation sites excluding steroid dienone is 22. The molecule has 0 spiro atoms. The van der Waals surface area contributed by atoms with E-state index in [-0.39, 0.29) is 25.6 Å². The predicted molar refractivity (Wildman–Crippen MR) is 274 cm³/mol. The highest BCUT2D eigenvalue weighted by molar-refractivity contribution is 5.69. The van der Waals surface area contributed by atoms with Crippen molar-refractivity contribution in [2.45, 2.75) is 192 Å². The van der Waals surface area contributed by atoms with Crippen molar-refractivity contribution < 1.29 is 44.2 Å². The normalized spacial score (nSPS) is 20.5. The van der Waals surface area contributed by atoms with Gasteiger partial charge in [0.2, 0.25) is 0 Å². The van der Waals surface area contributed by atoms with Crippen molar-refractivity contribution in [3.05, 3.63) is 134 Å². The summed E-state index contributed by atoms with van der Waals surface area (Å²) in [5.41, 5.74) is 0. The predicted octanol–water partition coefficient (Wildman–Crippen LogP) is 12.5. The lowest BCUT2D eigenvalue weighted by Crippen LogP contribution is -2.59. The monoisotopic (exact) mass is 919 g/mol. The molecule has 0 radical (unpaired) electrons. The van der Waals surface area contributed by atoms with Crippen molar-refractivity contribution in [1.29, 1.82) is 0 Å². The van der Waals surface area contributed by atoms with Crippen molar-refractivity contribution in [3.8, 4) is 0 Å². The maximum atomic E-state index is 12.8. The molecule has 0 aliphatic carbocycles. The van der Waals surface area contributed by atoms with Gasteiger partial charge in [0.15, 0.2) is 6.29 Å². The molecule has 9 nitrogen and oxygen atoms in total. The number of unbranched alkanes of at least 4 members (excludes halogenated alkanes) is 8. The molecule has 0 amide bonds. The third kappa shape index (κ3) is 36.4. The Bertz CT molecular complexity index is 1460. The van der Waals surface area contributed by atoms with Gasteiger partial charge < -0.3 is 39.4 Å². The smallest absolute Gasteiger partial charge is 0.306 e. The first kappa shape index (κ1) is 60.3. The van der Waals surface area contributed by atoms with E-state index < -0.39 is 43.4 Å². The van der Waals surface area contributed by atoms with E-state index >= 15 is 0 Å². The molecule has 66 heavy (non-hydrogen) atoms. The molecule has 372 valence electrons. The van der Waals surface area contributed by atoms with E-state index in [1.54, 1.807) is 0 Å². The topological polar surface area (TPSA) is 135 Å². The first-order valence-corrected chi connectivity index (χ1v) is 25.3. The minimum atomic E-state index is -1.56. The molecule has 9 heteroatoms. The average Bonchev–Trinajstić information content (AvgIpc) is 3.32. The van der Waals surface area contributed by atoms with E-state index in [4.69, 9.17) is 18.9 Å². The lowest BCUT2D eigenvalue weighted by atomic mass is 9.99. The molecule has 0 bridgehead atoms. The second kappa shape index (κ2) is 46.4. The molecule has 1 aliphatic heterocycles. The summed E-state index contributed by atoms with van der Waals surface area (Å²) in [6.07, 6.45) is 62.0. The summed E-state index contributed by atoms with van der Waals surface area (Å²) in [7, 11) is 0. The maximum absolute atomic E-state index is 12.8. The van der Waals surface area contributed by atoms with Crippen LogP contribution in [0.25, 0.3) is 0 Å². The van der Waals surface area contributed by atoms with Crippen LogP contribution in [-0.2, 0) is 23.7 Å². The van der Waals surface area contributed by atoms with Crippen molar-refractivity contribution >= 4 is 5.97 Å². The first-order chi connectivity index (χ1) is 32.4. The SMILES string of the molecule is CC/C=C\C/C=C\C/C=C\C/C=C\C/C=C\C/C=C\C/C=C\CCCC(=O)OC(COCCCCCCCCC/C=C\C/C=C\C/C=C\C/C=C\CC)COC1OC(CO)C(O)C(O)C1O. The summed E-state index contributed by atoms with van der Waals surface area (Å²) in [6.45, 7) is 4.21. The largest absolute Gasteiger partial charge is 0.457 e. The molecular weight excluding hydrogens is 829 g/mol. The number of hydrogen-bond donors (Lipinski definition) is 4. The first-order valence-electron chi connectivity index (χ1n) is 25.3. The van der Waals surface area contributed by atoms with Gasteiger partial charge in [-0.1, -0.05) is 180 Å². The van der Waals surface area contributed by atoms with Gasteiger partial charge in [-0.2, -0.15) is 0 Å². The molecular formula is C57H90O9. The Balaban J connectivity index is 2.30. The third-order valence-corrected chi connectivity index (χ3v) is 10.6. The van der Waals surface area contributed by atoms with Gasteiger partial charge in [-0.05, 0) is 103 Å². The number of carbonyl (C=O) groups excluding carboxylic acids is 1. The molecule has 1 fully saturated rings. The van der Waals surface area contributed by atoms with Crippen LogP contribution in [0.4, 0.5) is 0 Å². The van der Waals surface area contributed by atoms with Gasteiger partial charge in [-0.15, -0.1) is 0 Å². The Morgan fingerprint density at radius 2 is 0.879 bits per heavy atom. The van der Waals surface area contributed by atoms with Gasteiger partial charge in [-0.25, -0.2) is 0 Å². The highest BCUT2D eigenvalue weighted by Gasteiger charge is 2.44. The van der Waals surface area contributed by atoms with Crippen molar-refractivity contribution in [2.75, 3.05) is 26.4 Å². The molecule has 0 aromatic heterocycles. The number of hydrogen-bond acceptors (Lipinski definition) is 9. The number of aliphatic hydroxyl groups is 4. The highest BCUT2D eigenvalue weighted by atomic mass is 16.7. The van der Waals surface area contributed by atoms with Gasteiger partial charge in [0.25, 0.3) is 0 Å². The van der Waals surface area contributed by atoms with Crippen LogP contribution in [0.1, 0.15) is 155 Å². The van der Waals surface area contributed by atoms with Crippen LogP contribution in [0, 0.1) is 0 Å². The fourth-order valence-electron chi connectivity index (χ4n) is 6.71. The Morgan fingerprint density at radius 3 is 1.32 bits per heavy atom. The zero-order valence-corrected chi connectivity index (χ0v) is 40.9. The van der Waals surface area contributed by atoms with Crippen LogP contribution >= 0.6 is 0 Å². The van der Waals surface area contributed by atoms with E-state index in [1.807, 2.05) is 0 Å². The fraction of sp³-hybridized carbons (Fsp3) is 0.596. The number of esters is 1. The molecule has 4 N–H and O–H groups in total. The lowest BCUT2D eigenvalue weighted by Gasteiger charge is -2.39.